The van der Waals surface area contributed by atoms with Crippen molar-refractivity contribution in [3.05, 3.63) is 58.1 Å². The van der Waals surface area contributed by atoms with Crippen LogP contribution in [0.15, 0.2) is 40.9 Å². The Bertz CT molecular complexity index is 798. The Morgan fingerprint density at radius 2 is 2.05 bits per heavy atom. The predicted octanol–water partition coefficient (Wildman–Crippen LogP) is 4.97. The fourth-order valence-electron chi connectivity index (χ4n) is 2.29. The Kier molecular flexibility index (Phi) is 3.52. The minimum atomic E-state index is -0.297. The zero-order chi connectivity index (χ0) is 14.3. The SMILES string of the molecule is Cc1ccc(Br)cc1-n1c(CCl)nc2cc(F)ccc21. The molecule has 5 heteroatoms. The van der Waals surface area contributed by atoms with Crippen LogP contribution in [0.4, 0.5) is 4.39 Å². The first-order valence-corrected chi connectivity index (χ1v) is 7.42. The molecule has 0 saturated carbocycles. The number of alkyl halides is 1. The molecule has 1 heterocycles. The molecule has 20 heavy (non-hydrogen) atoms. The standard InChI is InChI=1S/C15H11BrClFN2/c1-9-2-3-10(16)6-14(9)20-13-5-4-11(18)7-12(13)19-15(20)8-17/h2-7H,8H2,1H3. The average molecular weight is 354 g/mol. The van der Waals surface area contributed by atoms with Crippen molar-refractivity contribution in [1.29, 1.82) is 0 Å². The molecule has 0 radical (unpaired) electrons. The highest BCUT2D eigenvalue weighted by Crippen LogP contribution is 2.27. The molecule has 0 bridgehead atoms. The third-order valence-corrected chi connectivity index (χ3v) is 3.95. The highest BCUT2D eigenvalue weighted by Gasteiger charge is 2.14. The summed E-state index contributed by atoms with van der Waals surface area (Å²) in [7, 11) is 0. The Morgan fingerprint density at radius 3 is 2.80 bits per heavy atom. The highest BCUT2D eigenvalue weighted by molar-refractivity contribution is 9.10. The van der Waals surface area contributed by atoms with Crippen molar-refractivity contribution in [2.24, 2.45) is 0 Å². The van der Waals surface area contributed by atoms with E-state index in [4.69, 9.17) is 11.6 Å². The van der Waals surface area contributed by atoms with Gasteiger partial charge in [-0.2, -0.15) is 0 Å². The fourth-order valence-corrected chi connectivity index (χ4v) is 2.81. The number of fused-ring (bicyclic) bond motifs is 1. The van der Waals surface area contributed by atoms with Gasteiger partial charge in [0, 0.05) is 10.5 Å². The van der Waals surface area contributed by atoms with Gasteiger partial charge in [-0.3, -0.25) is 4.57 Å². The summed E-state index contributed by atoms with van der Waals surface area (Å²) in [6.07, 6.45) is 0. The zero-order valence-electron chi connectivity index (χ0n) is 10.7. The molecule has 0 spiro atoms. The van der Waals surface area contributed by atoms with Crippen LogP contribution in [-0.2, 0) is 5.88 Å². The van der Waals surface area contributed by atoms with Crippen LogP contribution in [0, 0.1) is 12.7 Å². The predicted molar refractivity (Wildman–Crippen MR) is 83.0 cm³/mol. The van der Waals surface area contributed by atoms with Crippen molar-refractivity contribution in [1.82, 2.24) is 9.55 Å². The van der Waals surface area contributed by atoms with Crippen LogP contribution in [0.2, 0.25) is 0 Å². The van der Waals surface area contributed by atoms with Crippen LogP contribution in [0.1, 0.15) is 11.4 Å². The van der Waals surface area contributed by atoms with E-state index in [1.54, 1.807) is 6.07 Å². The molecule has 0 saturated heterocycles. The molecular formula is C15H11BrClFN2. The Hall–Kier alpha value is -1.39. The summed E-state index contributed by atoms with van der Waals surface area (Å²) in [6.45, 7) is 2.02. The van der Waals surface area contributed by atoms with Gasteiger partial charge in [0.2, 0.25) is 0 Å². The van der Waals surface area contributed by atoms with Crippen molar-refractivity contribution in [3.8, 4) is 5.69 Å². The van der Waals surface area contributed by atoms with E-state index in [-0.39, 0.29) is 11.7 Å². The van der Waals surface area contributed by atoms with Crippen molar-refractivity contribution in [2.45, 2.75) is 12.8 Å². The molecule has 0 N–H and O–H groups in total. The summed E-state index contributed by atoms with van der Waals surface area (Å²) in [6, 6.07) is 10.6. The number of aromatic nitrogens is 2. The molecule has 0 aliphatic carbocycles. The van der Waals surface area contributed by atoms with Gasteiger partial charge in [0.05, 0.1) is 22.6 Å². The normalized spacial score (nSPS) is 11.2. The summed E-state index contributed by atoms with van der Waals surface area (Å²) >= 11 is 9.47. The van der Waals surface area contributed by atoms with Crippen molar-refractivity contribution in [3.63, 3.8) is 0 Å². The van der Waals surface area contributed by atoms with Gasteiger partial charge in [-0.1, -0.05) is 22.0 Å². The van der Waals surface area contributed by atoms with E-state index in [1.807, 2.05) is 29.7 Å². The van der Waals surface area contributed by atoms with E-state index in [1.165, 1.54) is 12.1 Å². The maximum Gasteiger partial charge on any atom is 0.129 e. The van der Waals surface area contributed by atoms with E-state index in [9.17, 15) is 4.39 Å². The van der Waals surface area contributed by atoms with E-state index in [2.05, 4.69) is 20.9 Å². The van der Waals surface area contributed by atoms with Crippen molar-refractivity contribution in [2.75, 3.05) is 0 Å². The lowest BCUT2D eigenvalue weighted by atomic mass is 10.2. The van der Waals surface area contributed by atoms with Crippen LogP contribution in [0.25, 0.3) is 16.7 Å². The molecule has 0 aliphatic heterocycles. The molecule has 3 aromatic rings. The molecule has 3 rings (SSSR count). The van der Waals surface area contributed by atoms with Gasteiger partial charge in [-0.15, -0.1) is 11.6 Å². The summed E-state index contributed by atoms with van der Waals surface area (Å²) in [5.74, 6) is 0.671. The lowest BCUT2D eigenvalue weighted by molar-refractivity contribution is 0.629. The van der Waals surface area contributed by atoms with E-state index in [0.717, 1.165) is 21.2 Å². The maximum absolute atomic E-state index is 13.3. The number of hydrogen-bond donors (Lipinski definition) is 0. The molecule has 0 unspecified atom stereocenters. The Morgan fingerprint density at radius 1 is 1.25 bits per heavy atom. The van der Waals surface area contributed by atoms with Crippen LogP contribution < -0.4 is 0 Å². The van der Waals surface area contributed by atoms with Gasteiger partial charge in [0.25, 0.3) is 0 Å². The number of aryl methyl sites for hydroxylation is 1. The first-order valence-electron chi connectivity index (χ1n) is 6.09. The van der Waals surface area contributed by atoms with Gasteiger partial charge in [0.1, 0.15) is 11.6 Å². The second-order valence-corrected chi connectivity index (χ2v) is 5.74. The third-order valence-electron chi connectivity index (χ3n) is 3.22. The minimum absolute atomic E-state index is 0.266. The van der Waals surface area contributed by atoms with E-state index < -0.39 is 0 Å². The molecule has 2 aromatic carbocycles. The molecule has 0 fully saturated rings. The molecule has 2 nitrogen and oxygen atoms in total. The largest absolute Gasteiger partial charge is 0.295 e. The third kappa shape index (κ3) is 2.23. The van der Waals surface area contributed by atoms with Gasteiger partial charge in [-0.25, -0.2) is 9.37 Å². The maximum atomic E-state index is 13.3. The van der Waals surface area contributed by atoms with E-state index in [0.29, 0.717) is 11.3 Å². The number of nitrogens with zero attached hydrogens (tertiary/aromatic N) is 2. The first kappa shape index (κ1) is 13.6. The fraction of sp³-hybridized carbons (Fsp3) is 0.133. The van der Waals surface area contributed by atoms with Crippen LogP contribution in [-0.4, -0.2) is 9.55 Å². The molecule has 1 aromatic heterocycles. The van der Waals surface area contributed by atoms with Gasteiger partial charge >= 0.3 is 0 Å². The summed E-state index contributed by atoms with van der Waals surface area (Å²) in [5.41, 5.74) is 3.55. The van der Waals surface area contributed by atoms with Crippen molar-refractivity contribution >= 4 is 38.6 Å². The monoisotopic (exact) mass is 352 g/mol. The zero-order valence-corrected chi connectivity index (χ0v) is 13.0. The topological polar surface area (TPSA) is 17.8 Å². The lowest BCUT2D eigenvalue weighted by Gasteiger charge is -2.11. The quantitative estimate of drug-likeness (QED) is 0.594. The van der Waals surface area contributed by atoms with E-state index >= 15 is 0 Å². The van der Waals surface area contributed by atoms with Crippen LogP contribution >= 0.6 is 27.5 Å². The smallest absolute Gasteiger partial charge is 0.129 e. The van der Waals surface area contributed by atoms with Crippen molar-refractivity contribution < 1.29 is 4.39 Å². The number of rotatable bonds is 2. The number of benzene rings is 2. The van der Waals surface area contributed by atoms with Gasteiger partial charge in [-0.05, 0) is 36.8 Å². The minimum Gasteiger partial charge on any atom is -0.295 e. The summed E-state index contributed by atoms with van der Waals surface area (Å²) in [4.78, 5) is 4.41. The average Bonchev–Trinajstić information content (AvgIpc) is 2.78. The van der Waals surface area contributed by atoms with Crippen LogP contribution in [0.3, 0.4) is 0 Å². The van der Waals surface area contributed by atoms with Gasteiger partial charge in [0.15, 0.2) is 0 Å². The van der Waals surface area contributed by atoms with Crippen LogP contribution in [0.5, 0.6) is 0 Å². The highest BCUT2D eigenvalue weighted by atomic mass is 79.9. The molecule has 0 amide bonds. The number of halogens is 3. The number of imidazole rings is 1. The summed E-state index contributed by atoms with van der Waals surface area (Å²) < 4.78 is 16.3. The Balaban J connectivity index is 2.37. The number of hydrogen-bond acceptors (Lipinski definition) is 1. The molecule has 0 aliphatic rings. The summed E-state index contributed by atoms with van der Waals surface area (Å²) in [5, 5.41) is 0. The second-order valence-electron chi connectivity index (χ2n) is 4.56. The van der Waals surface area contributed by atoms with Gasteiger partial charge < -0.3 is 0 Å². The lowest BCUT2D eigenvalue weighted by Crippen LogP contribution is -2.01. The molecule has 0 atom stereocenters. The molecule has 102 valence electrons. The second kappa shape index (κ2) is 5.19. The first-order chi connectivity index (χ1) is 9.60. The molecular weight excluding hydrogens is 343 g/mol. The Labute approximate surface area is 129 Å².